The lowest BCUT2D eigenvalue weighted by atomic mass is 10.2. The van der Waals surface area contributed by atoms with E-state index in [0.717, 1.165) is 37.5 Å². The van der Waals surface area contributed by atoms with Gasteiger partial charge in [-0.25, -0.2) is 4.39 Å². The molecular formula is C20H23FN2OS. The number of hydrogen-bond donors (Lipinski definition) is 0. The van der Waals surface area contributed by atoms with Gasteiger partial charge in [0, 0.05) is 37.6 Å². The summed E-state index contributed by atoms with van der Waals surface area (Å²) in [6.07, 6.45) is 0. The van der Waals surface area contributed by atoms with E-state index in [4.69, 9.17) is 0 Å². The molecule has 0 N–H and O–H groups in total. The van der Waals surface area contributed by atoms with Crippen LogP contribution in [0, 0.1) is 5.82 Å². The van der Waals surface area contributed by atoms with Crippen molar-refractivity contribution < 1.29 is 9.18 Å². The van der Waals surface area contributed by atoms with Gasteiger partial charge in [0.1, 0.15) is 5.82 Å². The summed E-state index contributed by atoms with van der Waals surface area (Å²) in [7, 11) is 0. The fourth-order valence-corrected chi connectivity index (χ4v) is 3.88. The van der Waals surface area contributed by atoms with E-state index in [1.807, 2.05) is 30.0 Å². The smallest absolute Gasteiger partial charge is 0.235 e. The van der Waals surface area contributed by atoms with Crippen LogP contribution < -0.4 is 4.90 Å². The number of thioether (sulfide) groups is 1. The lowest BCUT2D eigenvalue weighted by Gasteiger charge is -2.37. The minimum absolute atomic E-state index is 0.0895. The normalized spacial score (nSPS) is 15.9. The first-order chi connectivity index (χ1) is 12.1. The van der Waals surface area contributed by atoms with Crippen molar-refractivity contribution in [3.8, 4) is 0 Å². The number of anilines is 1. The third-order valence-electron chi connectivity index (χ3n) is 4.47. The molecule has 0 aliphatic carbocycles. The molecule has 1 unspecified atom stereocenters. The zero-order valence-corrected chi connectivity index (χ0v) is 15.2. The Bertz CT molecular complexity index is 685. The predicted molar refractivity (Wildman–Crippen MR) is 102 cm³/mol. The molecular weight excluding hydrogens is 335 g/mol. The van der Waals surface area contributed by atoms with Gasteiger partial charge < -0.3 is 9.80 Å². The maximum Gasteiger partial charge on any atom is 0.235 e. The van der Waals surface area contributed by atoms with E-state index in [1.54, 1.807) is 23.9 Å². The Hall–Kier alpha value is -2.01. The number of carbonyl (C=O) groups excluding carboxylic acids is 1. The average molecular weight is 358 g/mol. The molecule has 1 saturated heterocycles. The molecule has 0 aromatic heterocycles. The molecule has 1 atom stereocenters. The number of halogens is 1. The second kappa shape index (κ2) is 8.39. The minimum Gasteiger partial charge on any atom is -0.368 e. The van der Waals surface area contributed by atoms with Gasteiger partial charge in [0.05, 0.1) is 5.25 Å². The van der Waals surface area contributed by atoms with Crippen LogP contribution in [0.4, 0.5) is 10.1 Å². The van der Waals surface area contributed by atoms with Crippen LogP contribution in [0.2, 0.25) is 0 Å². The van der Waals surface area contributed by atoms with Gasteiger partial charge >= 0.3 is 0 Å². The minimum atomic E-state index is -0.228. The average Bonchev–Trinajstić information content (AvgIpc) is 2.67. The van der Waals surface area contributed by atoms with Crippen molar-refractivity contribution in [2.45, 2.75) is 17.9 Å². The summed E-state index contributed by atoms with van der Waals surface area (Å²) in [5.74, 6) is 0.686. The van der Waals surface area contributed by atoms with Gasteiger partial charge in [-0.3, -0.25) is 4.79 Å². The molecule has 1 heterocycles. The first kappa shape index (κ1) is 17.8. The van der Waals surface area contributed by atoms with Crippen LogP contribution in [0.5, 0.6) is 0 Å². The molecule has 0 saturated carbocycles. The third-order valence-corrected chi connectivity index (χ3v) is 5.68. The summed E-state index contributed by atoms with van der Waals surface area (Å²) in [5.41, 5.74) is 2.26. The number of carbonyl (C=O) groups is 1. The highest BCUT2D eigenvalue weighted by molar-refractivity contribution is 7.99. The number of nitrogens with zero attached hydrogens (tertiary/aromatic N) is 2. The third kappa shape index (κ3) is 4.75. The highest BCUT2D eigenvalue weighted by atomic mass is 32.2. The Labute approximate surface area is 152 Å². The summed E-state index contributed by atoms with van der Waals surface area (Å²) in [6, 6.07) is 16.8. The fraction of sp³-hybridized carbons (Fsp3) is 0.350. The SMILES string of the molecule is CC(SCc1ccc(F)cc1)C(=O)N1CCN(c2ccccc2)CC1. The van der Waals surface area contributed by atoms with Crippen molar-refractivity contribution in [2.24, 2.45) is 0 Å². The number of piperazine rings is 1. The van der Waals surface area contributed by atoms with Crippen molar-refractivity contribution in [3.63, 3.8) is 0 Å². The molecule has 0 spiro atoms. The topological polar surface area (TPSA) is 23.6 Å². The van der Waals surface area contributed by atoms with Crippen molar-refractivity contribution >= 4 is 23.4 Å². The highest BCUT2D eigenvalue weighted by Crippen LogP contribution is 2.21. The molecule has 3 rings (SSSR count). The van der Waals surface area contributed by atoms with Crippen LogP contribution in [0.3, 0.4) is 0 Å². The second-order valence-corrected chi connectivity index (χ2v) is 7.56. The fourth-order valence-electron chi connectivity index (χ4n) is 2.95. The van der Waals surface area contributed by atoms with Gasteiger partial charge in [-0.1, -0.05) is 30.3 Å². The van der Waals surface area contributed by atoms with Gasteiger partial charge in [0.25, 0.3) is 0 Å². The molecule has 1 fully saturated rings. The Morgan fingerprint density at radius 3 is 2.32 bits per heavy atom. The number of para-hydroxylation sites is 1. The molecule has 3 nitrogen and oxygen atoms in total. The first-order valence-electron chi connectivity index (χ1n) is 8.58. The van der Waals surface area contributed by atoms with E-state index in [9.17, 15) is 9.18 Å². The van der Waals surface area contributed by atoms with Gasteiger partial charge in [-0.05, 0) is 36.8 Å². The summed E-state index contributed by atoms with van der Waals surface area (Å²) < 4.78 is 12.9. The predicted octanol–water partition coefficient (Wildman–Crippen LogP) is 3.80. The van der Waals surface area contributed by atoms with E-state index in [1.165, 1.54) is 17.8 Å². The van der Waals surface area contributed by atoms with Crippen LogP contribution >= 0.6 is 11.8 Å². The van der Waals surface area contributed by atoms with Crippen molar-refractivity contribution in [1.29, 1.82) is 0 Å². The van der Waals surface area contributed by atoms with Gasteiger partial charge in [-0.15, -0.1) is 11.8 Å². The van der Waals surface area contributed by atoms with E-state index in [0.29, 0.717) is 0 Å². The van der Waals surface area contributed by atoms with Crippen LogP contribution in [-0.2, 0) is 10.5 Å². The van der Waals surface area contributed by atoms with Gasteiger partial charge in [-0.2, -0.15) is 0 Å². The lowest BCUT2D eigenvalue weighted by molar-refractivity contribution is -0.130. The molecule has 2 aromatic carbocycles. The van der Waals surface area contributed by atoms with Gasteiger partial charge in [0.2, 0.25) is 5.91 Å². The first-order valence-corrected chi connectivity index (χ1v) is 9.63. The van der Waals surface area contributed by atoms with Crippen molar-refractivity contribution in [1.82, 2.24) is 4.90 Å². The number of hydrogen-bond acceptors (Lipinski definition) is 3. The Morgan fingerprint density at radius 1 is 1.04 bits per heavy atom. The molecule has 0 radical (unpaired) electrons. The Balaban J connectivity index is 1.47. The standard InChI is InChI=1S/C20H23FN2OS/c1-16(25-15-17-7-9-18(21)10-8-17)20(24)23-13-11-22(12-14-23)19-5-3-2-4-6-19/h2-10,16H,11-15H2,1H3. The largest absolute Gasteiger partial charge is 0.368 e. The molecule has 1 aliphatic rings. The maximum atomic E-state index is 12.9. The molecule has 0 bridgehead atoms. The van der Waals surface area contributed by atoms with Crippen molar-refractivity contribution in [3.05, 3.63) is 66.0 Å². The van der Waals surface area contributed by atoms with Crippen molar-refractivity contribution in [2.75, 3.05) is 31.1 Å². The summed E-state index contributed by atoms with van der Waals surface area (Å²) in [6.45, 7) is 5.21. The molecule has 1 aliphatic heterocycles. The van der Waals surface area contributed by atoms with Crippen LogP contribution in [0.25, 0.3) is 0 Å². The molecule has 2 aromatic rings. The summed E-state index contributed by atoms with van der Waals surface area (Å²) >= 11 is 1.61. The molecule has 132 valence electrons. The van der Waals surface area contributed by atoms with E-state index in [-0.39, 0.29) is 17.0 Å². The Morgan fingerprint density at radius 2 is 1.68 bits per heavy atom. The molecule has 1 amide bonds. The molecule has 5 heteroatoms. The van der Waals surface area contributed by atoms with Crippen LogP contribution in [0.15, 0.2) is 54.6 Å². The zero-order chi connectivity index (χ0) is 17.6. The lowest BCUT2D eigenvalue weighted by Crippen LogP contribution is -2.50. The monoisotopic (exact) mass is 358 g/mol. The zero-order valence-electron chi connectivity index (χ0n) is 14.4. The van der Waals surface area contributed by atoms with E-state index < -0.39 is 0 Å². The van der Waals surface area contributed by atoms with Gasteiger partial charge in [0.15, 0.2) is 0 Å². The number of rotatable bonds is 5. The quantitative estimate of drug-likeness (QED) is 0.812. The number of benzene rings is 2. The van der Waals surface area contributed by atoms with E-state index in [2.05, 4.69) is 17.0 Å². The van der Waals surface area contributed by atoms with Crippen LogP contribution in [-0.4, -0.2) is 42.2 Å². The number of amides is 1. The van der Waals surface area contributed by atoms with E-state index >= 15 is 0 Å². The second-order valence-electron chi connectivity index (χ2n) is 6.23. The summed E-state index contributed by atoms with van der Waals surface area (Å²) in [4.78, 5) is 16.9. The maximum absolute atomic E-state index is 12.9. The summed E-state index contributed by atoms with van der Waals surface area (Å²) in [5, 5.41) is -0.0895. The Kier molecular flexibility index (Phi) is 5.97. The highest BCUT2D eigenvalue weighted by Gasteiger charge is 2.25. The molecule has 25 heavy (non-hydrogen) atoms. The van der Waals surface area contributed by atoms with Crippen LogP contribution in [0.1, 0.15) is 12.5 Å².